The summed E-state index contributed by atoms with van der Waals surface area (Å²) in [7, 11) is 0. The van der Waals surface area contributed by atoms with Crippen molar-refractivity contribution < 1.29 is 48.9 Å². The summed E-state index contributed by atoms with van der Waals surface area (Å²) >= 11 is 2.28. The van der Waals surface area contributed by atoms with Crippen molar-refractivity contribution in [1.82, 2.24) is 24.8 Å². The zero-order valence-electron chi connectivity index (χ0n) is 28.7. The second-order valence-corrected chi connectivity index (χ2v) is 15.9. The lowest BCUT2D eigenvalue weighted by Gasteiger charge is -2.51. The first-order valence-corrected chi connectivity index (χ1v) is 18.3. The molecule has 1 aromatic carbocycles. The molecule has 3 aromatic rings. The van der Waals surface area contributed by atoms with Gasteiger partial charge in [0.15, 0.2) is 22.3 Å². The van der Waals surface area contributed by atoms with Gasteiger partial charge < -0.3 is 45.8 Å². The molecule has 0 spiro atoms. The van der Waals surface area contributed by atoms with Crippen LogP contribution in [-0.2, 0) is 30.6 Å². The van der Waals surface area contributed by atoms with Crippen molar-refractivity contribution >= 4 is 68.6 Å². The fraction of sp³-hybridized carbons (Fsp3) is 0.438. The zero-order chi connectivity index (χ0) is 38.6. The van der Waals surface area contributed by atoms with E-state index in [1.54, 1.807) is 0 Å². The number of hydrogen-bond donors (Lipinski definition) is 7. The fourth-order valence-electron chi connectivity index (χ4n) is 6.69. The normalized spacial score (nSPS) is 21.3. The average Bonchev–Trinajstić information content (AvgIpc) is 3.74. The molecule has 3 aliphatic rings. The summed E-state index contributed by atoms with van der Waals surface area (Å²) in [6.07, 6.45) is 1.63. The number of phenolic OH excluding ortho intramolecular Hbond substituents is 2. The number of carboxylic acid groups (broad SMARTS) is 2. The minimum absolute atomic E-state index is 0.00997. The number of nitrogens with zero attached hydrogens (tertiary/aromatic N) is 5. The van der Waals surface area contributed by atoms with Crippen molar-refractivity contribution in [3.05, 3.63) is 55.3 Å². The number of carbonyl (C=O) groups excluding carboxylic acids is 2. The number of carboxylic acids is 2. The van der Waals surface area contributed by atoms with Crippen LogP contribution in [0.1, 0.15) is 39.3 Å². The van der Waals surface area contributed by atoms with E-state index < -0.39 is 74.5 Å². The molecule has 0 radical (unpaired) electrons. The molecule has 0 unspecified atom stereocenters. The predicted octanol–water partition coefficient (Wildman–Crippen LogP) is 0.162. The highest BCUT2D eigenvalue weighted by molar-refractivity contribution is 8.00. The van der Waals surface area contributed by atoms with Crippen LogP contribution >= 0.6 is 23.1 Å². The van der Waals surface area contributed by atoms with E-state index in [2.05, 4.69) is 20.4 Å². The number of quaternary nitrogens is 1. The maximum absolute atomic E-state index is 13.6. The highest BCUT2D eigenvalue weighted by atomic mass is 32.2. The first kappa shape index (κ1) is 37.4. The number of thioether (sulfide) groups is 1. The Morgan fingerprint density at radius 1 is 1.15 bits per heavy atom. The summed E-state index contributed by atoms with van der Waals surface area (Å²) in [5.74, 6) is -5.28. The molecule has 2 amide bonds. The predicted molar refractivity (Wildman–Crippen MR) is 191 cm³/mol. The van der Waals surface area contributed by atoms with Crippen LogP contribution in [0.3, 0.4) is 0 Å². The lowest BCUT2D eigenvalue weighted by molar-refractivity contribution is -0.913. The summed E-state index contributed by atoms with van der Waals surface area (Å²) in [5, 5.41) is 46.3. The minimum atomic E-state index is -1.81. The molecule has 6 rings (SSSR count). The number of benzene rings is 1. The number of aliphatic carboxylic acids is 2. The Morgan fingerprint density at radius 3 is 2.45 bits per heavy atom. The number of aromatic amines is 1. The Kier molecular flexibility index (Phi) is 9.77. The standard InChI is InChI=1S/C32H36N8O11S2/c1-14-16(12-40(7-4-5-8-40)9-6-38-25(44)15-10-19(41)20(42)11-17(15)35-31(38)50)23(28(46)47)39-26(45)22(27(39)53-14)36-24(43)21(18-13-52-30(33)34-18)37-51-32(2,3)29(48)49/h10-11,13-14,22,27H,4-9,12H2,1-3H3,(H7-,33,34,35,36,37,41,42,43,44,46,47,48,49,50)/p+1/t14-,22+,27+/m0/s1. The van der Waals surface area contributed by atoms with Gasteiger partial charge in [0.2, 0.25) is 5.60 Å². The number of hydrogen-bond acceptors (Lipinski definition) is 14. The number of carbonyl (C=O) groups is 4. The molecule has 19 nitrogen and oxygen atoms in total. The number of H-pyrrole nitrogens is 1. The summed E-state index contributed by atoms with van der Waals surface area (Å²) in [6, 6.07) is 1.01. The van der Waals surface area contributed by atoms with Gasteiger partial charge >= 0.3 is 17.6 Å². The van der Waals surface area contributed by atoms with Gasteiger partial charge in [-0.2, -0.15) is 0 Å². The van der Waals surface area contributed by atoms with E-state index in [4.69, 9.17) is 10.6 Å². The maximum Gasteiger partial charge on any atom is 0.352 e. The quantitative estimate of drug-likeness (QED) is 0.0425. The minimum Gasteiger partial charge on any atom is -0.504 e. The van der Waals surface area contributed by atoms with Crippen molar-refractivity contribution in [2.45, 2.75) is 62.4 Å². The number of nitrogen functional groups attached to an aromatic ring is 1. The van der Waals surface area contributed by atoms with Crippen LogP contribution in [0.4, 0.5) is 5.13 Å². The van der Waals surface area contributed by atoms with Crippen molar-refractivity contribution in [2.24, 2.45) is 5.16 Å². The molecule has 0 saturated carbocycles. The lowest BCUT2D eigenvalue weighted by atomic mass is 9.99. The second kappa shape index (κ2) is 13.9. The first-order chi connectivity index (χ1) is 24.9. The number of thiazole rings is 1. The van der Waals surface area contributed by atoms with Gasteiger partial charge in [0.1, 0.15) is 29.4 Å². The third-order valence-electron chi connectivity index (χ3n) is 9.67. The molecule has 2 fully saturated rings. The highest BCUT2D eigenvalue weighted by Crippen LogP contribution is 2.45. The lowest BCUT2D eigenvalue weighted by Crippen LogP contribution is -2.71. The molecular weight excluding hydrogens is 737 g/mol. The average molecular weight is 774 g/mol. The van der Waals surface area contributed by atoms with Gasteiger partial charge in [0, 0.05) is 35.1 Å². The van der Waals surface area contributed by atoms with Crippen LogP contribution in [0.25, 0.3) is 10.9 Å². The largest absolute Gasteiger partial charge is 0.504 e. The molecule has 3 aliphatic heterocycles. The van der Waals surface area contributed by atoms with Gasteiger partial charge in [-0.05, 0) is 26.8 Å². The van der Waals surface area contributed by atoms with E-state index in [9.17, 15) is 49.2 Å². The Morgan fingerprint density at radius 2 is 1.83 bits per heavy atom. The number of oxime groups is 1. The Balaban J connectivity index is 1.24. The van der Waals surface area contributed by atoms with Crippen molar-refractivity contribution in [1.29, 1.82) is 0 Å². The van der Waals surface area contributed by atoms with E-state index in [0.29, 0.717) is 23.1 Å². The molecule has 0 bridgehead atoms. The second-order valence-electron chi connectivity index (χ2n) is 13.6. The first-order valence-electron chi connectivity index (χ1n) is 16.4. The van der Waals surface area contributed by atoms with Gasteiger partial charge in [-0.15, -0.1) is 23.1 Å². The van der Waals surface area contributed by atoms with E-state index in [0.717, 1.165) is 45.8 Å². The maximum atomic E-state index is 13.6. The summed E-state index contributed by atoms with van der Waals surface area (Å²) in [4.78, 5) is 90.7. The highest BCUT2D eigenvalue weighted by Gasteiger charge is 2.57. The molecule has 8 N–H and O–H groups in total. The van der Waals surface area contributed by atoms with Crippen molar-refractivity contribution in [3.8, 4) is 11.5 Å². The van der Waals surface area contributed by atoms with Crippen LogP contribution in [0.2, 0.25) is 0 Å². The number of aromatic nitrogens is 3. The fourth-order valence-corrected chi connectivity index (χ4v) is 8.68. The molecule has 5 heterocycles. The van der Waals surface area contributed by atoms with Crippen LogP contribution in [0.5, 0.6) is 11.5 Å². The Hall–Kier alpha value is -5.41. The Bertz CT molecular complexity index is 2220. The van der Waals surface area contributed by atoms with Crippen LogP contribution in [0, 0.1) is 0 Å². The molecular formula is C32H37N8O11S2+. The number of rotatable bonds is 12. The van der Waals surface area contributed by atoms with E-state index in [1.807, 2.05) is 6.92 Å². The molecule has 53 heavy (non-hydrogen) atoms. The molecule has 3 atom stereocenters. The van der Waals surface area contributed by atoms with Gasteiger partial charge in [-0.1, -0.05) is 5.16 Å². The van der Waals surface area contributed by atoms with Crippen LogP contribution in [-0.4, -0.2) is 122 Å². The van der Waals surface area contributed by atoms with Gasteiger partial charge in [-0.25, -0.2) is 19.4 Å². The van der Waals surface area contributed by atoms with E-state index in [1.165, 1.54) is 31.0 Å². The summed E-state index contributed by atoms with van der Waals surface area (Å²) in [5.41, 5.74) is 2.47. The van der Waals surface area contributed by atoms with E-state index in [-0.39, 0.29) is 47.1 Å². The number of nitrogens with one attached hydrogen (secondary N) is 2. The number of anilines is 1. The number of fused-ring (bicyclic) bond motifs is 2. The van der Waals surface area contributed by atoms with Gasteiger partial charge in [0.25, 0.3) is 17.4 Å². The topological polar surface area (TPSA) is 280 Å². The number of β-lactam (4-membered cyclic amide) rings is 1. The van der Waals surface area contributed by atoms with Crippen molar-refractivity contribution in [3.63, 3.8) is 0 Å². The summed E-state index contributed by atoms with van der Waals surface area (Å²) < 4.78 is 1.36. The molecule has 2 saturated heterocycles. The number of phenols is 2. The van der Waals surface area contributed by atoms with Crippen LogP contribution in [0.15, 0.2) is 43.5 Å². The van der Waals surface area contributed by atoms with Crippen LogP contribution < -0.4 is 22.3 Å². The molecule has 0 aliphatic carbocycles. The summed E-state index contributed by atoms with van der Waals surface area (Å²) in [6.45, 7) is 6.00. The number of aromatic hydroxyl groups is 2. The van der Waals surface area contributed by atoms with E-state index >= 15 is 0 Å². The number of amides is 2. The number of likely N-dealkylation sites (tertiary alicyclic amines) is 1. The van der Waals surface area contributed by atoms with Crippen molar-refractivity contribution in [2.75, 3.05) is 31.9 Å². The zero-order valence-corrected chi connectivity index (χ0v) is 30.3. The molecule has 2 aromatic heterocycles. The third kappa shape index (κ3) is 6.93. The Labute approximate surface area is 307 Å². The SMILES string of the molecule is C[C@@H]1S[C@@H]2[C@H](NC(=O)C(=NOC(C)(C)C(=O)O)c3csc(N)n3)C(=O)N2C(C(=O)O)=C1C[N+]1(CCn2c(=O)[nH]c3cc(O)c(O)cc3c2=O)CCCC1. The monoisotopic (exact) mass is 773 g/mol. The molecule has 282 valence electrons. The molecule has 21 heteroatoms. The number of nitrogens with two attached hydrogens (primary N) is 1. The van der Waals surface area contributed by atoms with Gasteiger partial charge in [0.05, 0.1) is 37.1 Å². The third-order valence-corrected chi connectivity index (χ3v) is 11.8. The van der Waals surface area contributed by atoms with Gasteiger partial charge in [-0.3, -0.25) is 23.9 Å². The smallest absolute Gasteiger partial charge is 0.352 e.